The Morgan fingerprint density at radius 1 is 0.556 bits per heavy atom. The van der Waals surface area contributed by atoms with Gasteiger partial charge in [-0.05, 0) is 95.6 Å². The largest absolute Gasteiger partial charge is 0.445 e. The SMILES string of the molecule is CCCCCC=CCC=CCCCCCCCCC(CCCCCCCCC=CCC=CCCCCC)CN(C)CCN(C)C(=O)OCc1ccccc1. The van der Waals surface area contributed by atoms with Crippen molar-refractivity contribution in [3.05, 3.63) is 84.5 Å². The van der Waals surface area contributed by atoms with Crippen molar-refractivity contribution in [2.75, 3.05) is 33.7 Å². The molecule has 0 fully saturated rings. The molecular formula is C50H86N2O2. The Balaban J connectivity index is 2.31. The summed E-state index contributed by atoms with van der Waals surface area (Å²) in [7, 11) is 4.08. The van der Waals surface area contributed by atoms with Gasteiger partial charge in [-0.1, -0.05) is 183 Å². The van der Waals surface area contributed by atoms with Gasteiger partial charge in [-0.25, -0.2) is 4.79 Å². The lowest BCUT2D eigenvalue weighted by Gasteiger charge is -2.26. The molecule has 0 radical (unpaired) electrons. The number of hydrogen-bond donors (Lipinski definition) is 0. The Labute approximate surface area is 336 Å². The molecule has 0 aliphatic rings. The zero-order valence-corrected chi connectivity index (χ0v) is 36.0. The van der Waals surface area contributed by atoms with Gasteiger partial charge in [0.25, 0.3) is 0 Å². The van der Waals surface area contributed by atoms with E-state index in [0.717, 1.165) is 37.4 Å². The minimum atomic E-state index is -0.244. The maximum atomic E-state index is 12.6. The number of allylic oxidation sites excluding steroid dienone is 8. The maximum absolute atomic E-state index is 12.6. The number of benzene rings is 1. The predicted octanol–water partition coefficient (Wildman–Crippen LogP) is 15.2. The summed E-state index contributed by atoms with van der Waals surface area (Å²) in [6.07, 6.45) is 52.6. The van der Waals surface area contributed by atoms with Crippen molar-refractivity contribution in [1.29, 1.82) is 0 Å². The van der Waals surface area contributed by atoms with E-state index >= 15 is 0 Å². The van der Waals surface area contributed by atoms with Crippen molar-refractivity contribution in [2.24, 2.45) is 5.92 Å². The first-order valence-electron chi connectivity index (χ1n) is 22.8. The van der Waals surface area contributed by atoms with E-state index in [4.69, 9.17) is 4.74 Å². The van der Waals surface area contributed by atoms with Crippen LogP contribution in [0.2, 0.25) is 0 Å². The second kappa shape index (κ2) is 38.7. The molecule has 0 heterocycles. The minimum Gasteiger partial charge on any atom is -0.445 e. The Hall–Kier alpha value is -2.59. The van der Waals surface area contributed by atoms with Crippen LogP contribution in [0.4, 0.5) is 4.79 Å². The van der Waals surface area contributed by atoms with E-state index in [2.05, 4.69) is 74.4 Å². The third kappa shape index (κ3) is 32.8. The van der Waals surface area contributed by atoms with Crippen LogP contribution in [0.15, 0.2) is 78.9 Å². The summed E-state index contributed by atoms with van der Waals surface area (Å²) in [4.78, 5) is 16.7. The fourth-order valence-electron chi connectivity index (χ4n) is 6.94. The Morgan fingerprint density at radius 3 is 1.44 bits per heavy atom. The molecule has 0 bridgehead atoms. The minimum absolute atomic E-state index is 0.244. The Bertz CT molecular complexity index is 1010. The second-order valence-corrected chi connectivity index (χ2v) is 15.8. The molecule has 0 aliphatic heterocycles. The highest BCUT2D eigenvalue weighted by atomic mass is 16.6. The summed E-state index contributed by atoms with van der Waals surface area (Å²) in [5.41, 5.74) is 1.02. The zero-order valence-electron chi connectivity index (χ0n) is 36.0. The number of likely N-dealkylation sites (N-methyl/N-ethyl adjacent to an activating group) is 2. The molecular weight excluding hydrogens is 661 g/mol. The van der Waals surface area contributed by atoms with Crippen molar-refractivity contribution >= 4 is 6.09 Å². The first kappa shape index (κ1) is 49.4. The van der Waals surface area contributed by atoms with Gasteiger partial charge in [-0.3, -0.25) is 0 Å². The van der Waals surface area contributed by atoms with Gasteiger partial charge < -0.3 is 14.5 Å². The molecule has 0 spiro atoms. The molecule has 0 unspecified atom stereocenters. The second-order valence-electron chi connectivity index (χ2n) is 15.8. The molecule has 0 atom stereocenters. The summed E-state index contributed by atoms with van der Waals surface area (Å²) in [5, 5.41) is 0. The third-order valence-electron chi connectivity index (χ3n) is 10.5. The van der Waals surface area contributed by atoms with Crippen molar-refractivity contribution in [3.8, 4) is 0 Å². The molecule has 0 aliphatic carbocycles. The van der Waals surface area contributed by atoms with Crippen LogP contribution in [0.3, 0.4) is 0 Å². The fourth-order valence-corrected chi connectivity index (χ4v) is 6.94. The van der Waals surface area contributed by atoms with Gasteiger partial charge in [-0.15, -0.1) is 0 Å². The van der Waals surface area contributed by atoms with E-state index in [1.165, 1.54) is 154 Å². The van der Waals surface area contributed by atoms with Crippen molar-refractivity contribution < 1.29 is 9.53 Å². The van der Waals surface area contributed by atoms with Gasteiger partial charge in [0.15, 0.2) is 0 Å². The first-order valence-corrected chi connectivity index (χ1v) is 22.8. The van der Waals surface area contributed by atoms with E-state index in [-0.39, 0.29) is 6.09 Å². The van der Waals surface area contributed by atoms with E-state index in [1.807, 2.05) is 37.4 Å². The van der Waals surface area contributed by atoms with E-state index in [9.17, 15) is 4.79 Å². The van der Waals surface area contributed by atoms with Gasteiger partial charge in [0.05, 0.1) is 0 Å². The number of rotatable bonds is 37. The van der Waals surface area contributed by atoms with Crippen LogP contribution < -0.4 is 0 Å². The number of hydrogen-bond acceptors (Lipinski definition) is 3. The monoisotopic (exact) mass is 747 g/mol. The number of carbonyl (C=O) groups is 1. The molecule has 0 N–H and O–H groups in total. The van der Waals surface area contributed by atoms with Gasteiger partial charge in [0.1, 0.15) is 6.61 Å². The van der Waals surface area contributed by atoms with Crippen molar-refractivity contribution in [3.63, 3.8) is 0 Å². The highest BCUT2D eigenvalue weighted by molar-refractivity contribution is 5.67. The van der Waals surface area contributed by atoms with E-state index < -0.39 is 0 Å². The molecule has 4 heteroatoms. The van der Waals surface area contributed by atoms with Crippen LogP contribution in [0.5, 0.6) is 0 Å². The molecule has 54 heavy (non-hydrogen) atoms. The molecule has 0 aromatic heterocycles. The van der Waals surface area contributed by atoms with Crippen molar-refractivity contribution in [2.45, 2.75) is 187 Å². The standard InChI is InChI=1S/C50H86N2O2/c1-5-7-9-11-13-15-17-19-21-23-25-27-29-31-33-36-40-48(41-37-34-32-30-28-26-24-22-20-18-16-14-12-10-8-6-2)46-51(3)44-45-52(4)50(53)54-47-49-42-38-35-39-43-49/h13-16,19-22,35,38-39,42-43,48H,5-12,17-18,23-34,36-37,40-41,44-47H2,1-4H3. The smallest absolute Gasteiger partial charge is 0.409 e. The van der Waals surface area contributed by atoms with E-state index in [1.54, 1.807) is 4.90 Å². The zero-order chi connectivity index (χ0) is 39.0. The first-order chi connectivity index (χ1) is 26.6. The normalized spacial score (nSPS) is 12.7. The summed E-state index contributed by atoms with van der Waals surface area (Å²) < 4.78 is 5.54. The van der Waals surface area contributed by atoms with Crippen LogP contribution in [0.1, 0.15) is 186 Å². The van der Waals surface area contributed by atoms with Gasteiger partial charge in [0, 0.05) is 26.7 Å². The number of carbonyl (C=O) groups excluding carboxylic acids is 1. The molecule has 0 saturated carbocycles. The summed E-state index contributed by atoms with van der Waals surface area (Å²) >= 11 is 0. The maximum Gasteiger partial charge on any atom is 0.409 e. The van der Waals surface area contributed by atoms with Crippen LogP contribution in [-0.4, -0.2) is 49.6 Å². The molecule has 308 valence electrons. The molecule has 1 rings (SSSR count). The molecule has 0 saturated heterocycles. The lowest BCUT2D eigenvalue weighted by atomic mass is 9.93. The lowest BCUT2D eigenvalue weighted by molar-refractivity contribution is 0.100. The predicted molar refractivity (Wildman–Crippen MR) is 238 cm³/mol. The fraction of sp³-hybridized carbons (Fsp3) is 0.700. The number of unbranched alkanes of at least 4 members (excludes halogenated alkanes) is 18. The molecule has 1 aromatic rings. The van der Waals surface area contributed by atoms with E-state index in [0.29, 0.717) is 13.2 Å². The van der Waals surface area contributed by atoms with Gasteiger partial charge in [0.2, 0.25) is 0 Å². The van der Waals surface area contributed by atoms with Gasteiger partial charge in [-0.2, -0.15) is 0 Å². The van der Waals surface area contributed by atoms with Crippen LogP contribution in [0.25, 0.3) is 0 Å². The average Bonchev–Trinajstić information content (AvgIpc) is 3.18. The number of ether oxygens (including phenoxy) is 1. The summed E-state index contributed by atoms with van der Waals surface area (Å²) in [6.45, 7) is 7.54. The highest BCUT2D eigenvalue weighted by Gasteiger charge is 2.15. The lowest BCUT2D eigenvalue weighted by Crippen LogP contribution is -2.36. The number of nitrogens with zero attached hydrogens (tertiary/aromatic N) is 2. The summed E-state index contributed by atoms with van der Waals surface area (Å²) in [5.74, 6) is 0.738. The summed E-state index contributed by atoms with van der Waals surface area (Å²) in [6, 6.07) is 9.92. The van der Waals surface area contributed by atoms with Crippen LogP contribution in [-0.2, 0) is 11.3 Å². The Kier molecular flexibility index (Phi) is 35.4. The highest BCUT2D eigenvalue weighted by Crippen LogP contribution is 2.21. The molecule has 1 amide bonds. The van der Waals surface area contributed by atoms with Gasteiger partial charge >= 0.3 is 6.09 Å². The molecule has 4 nitrogen and oxygen atoms in total. The Morgan fingerprint density at radius 2 is 0.981 bits per heavy atom. The topological polar surface area (TPSA) is 32.8 Å². The quantitative estimate of drug-likeness (QED) is 0.0502. The van der Waals surface area contributed by atoms with Crippen LogP contribution >= 0.6 is 0 Å². The number of amides is 1. The van der Waals surface area contributed by atoms with Crippen molar-refractivity contribution in [1.82, 2.24) is 9.80 Å². The van der Waals surface area contributed by atoms with Crippen LogP contribution in [0, 0.1) is 5.92 Å². The third-order valence-corrected chi connectivity index (χ3v) is 10.5. The average molecular weight is 747 g/mol. The molecule has 1 aromatic carbocycles.